The summed E-state index contributed by atoms with van der Waals surface area (Å²) in [6, 6.07) is 8.43. The highest BCUT2D eigenvalue weighted by Crippen LogP contribution is 2.23. The summed E-state index contributed by atoms with van der Waals surface area (Å²) in [5, 5.41) is 9.60. The molecule has 0 saturated carbocycles. The number of nitrogens with zero attached hydrogens (tertiary/aromatic N) is 2. The zero-order valence-corrected chi connectivity index (χ0v) is 11.1. The Labute approximate surface area is 109 Å². The van der Waals surface area contributed by atoms with Gasteiger partial charge in [0.15, 0.2) is 0 Å². The topological polar surface area (TPSA) is 63.8 Å². The molecule has 1 heterocycles. The van der Waals surface area contributed by atoms with Crippen LogP contribution in [0.5, 0.6) is 0 Å². The van der Waals surface area contributed by atoms with Gasteiger partial charge in [-0.15, -0.1) is 22.0 Å². The van der Waals surface area contributed by atoms with Crippen molar-refractivity contribution < 1.29 is 0 Å². The van der Waals surface area contributed by atoms with E-state index in [1.165, 1.54) is 22.5 Å². The highest BCUT2D eigenvalue weighted by molar-refractivity contribution is 7.97. The minimum Gasteiger partial charge on any atom is -0.298 e. The van der Waals surface area contributed by atoms with Crippen LogP contribution >= 0.6 is 23.1 Å². The maximum atomic E-state index is 5.25. The van der Waals surface area contributed by atoms with Gasteiger partial charge in [0.1, 0.15) is 5.01 Å². The largest absolute Gasteiger partial charge is 0.298 e. The van der Waals surface area contributed by atoms with Crippen LogP contribution in [0.25, 0.3) is 0 Å². The maximum absolute atomic E-state index is 5.25. The van der Waals surface area contributed by atoms with Crippen LogP contribution in [0, 0.1) is 6.92 Å². The summed E-state index contributed by atoms with van der Waals surface area (Å²) < 4.78 is 0. The average Bonchev–Trinajstić information content (AvgIpc) is 2.80. The standard InChI is InChI=1S/C11H14N4S2/c1-8-4-2-3-5-9(8)6-16-7-10-14-15-11(13-12)17-10/h2-5H,6-7,12H2,1H3,(H,13,15). The molecule has 4 nitrogen and oxygen atoms in total. The lowest BCUT2D eigenvalue weighted by Crippen LogP contribution is -2.05. The molecule has 2 aromatic rings. The summed E-state index contributed by atoms with van der Waals surface area (Å²) in [6.07, 6.45) is 0. The highest BCUT2D eigenvalue weighted by atomic mass is 32.2. The average molecular weight is 266 g/mol. The first-order valence-corrected chi connectivity index (χ1v) is 7.18. The summed E-state index contributed by atoms with van der Waals surface area (Å²) in [4.78, 5) is 0. The first-order valence-electron chi connectivity index (χ1n) is 5.21. The number of hydrogen-bond donors (Lipinski definition) is 2. The second-order valence-electron chi connectivity index (χ2n) is 3.56. The number of anilines is 1. The van der Waals surface area contributed by atoms with Gasteiger partial charge in [-0.3, -0.25) is 5.43 Å². The summed E-state index contributed by atoms with van der Waals surface area (Å²) >= 11 is 3.33. The van der Waals surface area contributed by atoms with E-state index >= 15 is 0 Å². The van der Waals surface area contributed by atoms with Crippen LogP contribution in [0.3, 0.4) is 0 Å². The van der Waals surface area contributed by atoms with Crippen molar-refractivity contribution in [2.24, 2.45) is 5.84 Å². The van der Waals surface area contributed by atoms with Crippen LogP contribution in [-0.2, 0) is 11.5 Å². The molecule has 0 aliphatic heterocycles. The number of rotatable bonds is 5. The Kier molecular flexibility index (Phi) is 4.36. The Balaban J connectivity index is 1.85. The lowest BCUT2D eigenvalue weighted by atomic mass is 10.1. The molecule has 1 aromatic heterocycles. The summed E-state index contributed by atoms with van der Waals surface area (Å²) in [5.74, 6) is 7.12. The molecule has 90 valence electrons. The van der Waals surface area contributed by atoms with Crippen LogP contribution < -0.4 is 11.3 Å². The van der Waals surface area contributed by atoms with E-state index in [0.717, 1.165) is 16.5 Å². The number of benzene rings is 1. The monoisotopic (exact) mass is 266 g/mol. The minimum atomic E-state index is 0.663. The van der Waals surface area contributed by atoms with Crippen molar-refractivity contribution >= 4 is 28.2 Å². The molecule has 0 amide bonds. The lowest BCUT2D eigenvalue weighted by Gasteiger charge is -2.03. The Bertz CT molecular complexity index is 484. The second kappa shape index (κ2) is 6.00. The molecule has 0 radical (unpaired) electrons. The molecule has 0 bridgehead atoms. The Hall–Kier alpha value is -1.11. The van der Waals surface area contributed by atoms with E-state index in [0.29, 0.717) is 5.13 Å². The number of thioether (sulfide) groups is 1. The van der Waals surface area contributed by atoms with E-state index in [2.05, 4.69) is 46.8 Å². The smallest absolute Gasteiger partial charge is 0.219 e. The van der Waals surface area contributed by atoms with Gasteiger partial charge in [-0.2, -0.15) is 0 Å². The maximum Gasteiger partial charge on any atom is 0.219 e. The number of hydrazine groups is 1. The van der Waals surface area contributed by atoms with Crippen LogP contribution in [0.15, 0.2) is 24.3 Å². The van der Waals surface area contributed by atoms with Crippen molar-refractivity contribution in [1.82, 2.24) is 10.2 Å². The molecular formula is C11H14N4S2. The van der Waals surface area contributed by atoms with E-state index in [4.69, 9.17) is 5.84 Å². The van der Waals surface area contributed by atoms with Crippen LogP contribution in [-0.4, -0.2) is 10.2 Å². The summed E-state index contributed by atoms with van der Waals surface area (Å²) in [5.41, 5.74) is 5.21. The van der Waals surface area contributed by atoms with Crippen molar-refractivity contribution in [1.29, 1.82) is 0 Å². The fourth-order valence-electron chi connectivity index (χ4n) is 1.39. The molecule has 2 rings (SSSR count). The fourth-order valence-corrected chi connectivity index (χ4v) is 3.20. The molecule has 0 aliphatic carbocycles. The summed E-state index contributed by atoms with van der Waals surface area (Å²) in [6.45, 7) is 2.14. The number of aromatic nitrogens is 2. The first kappa shape index (κ1) is 12.3. The van der Waals surface area contributed by atoms with E-state index in [9.17, 15) is 0 Å². The van der Waals surface area contributed by atoms with Crippen molar-refractivity contribution in [3.63, 3.8) is 0 Å². The molecule has 0 spiro atoms. The lowest BCUT2D eigenvalue weighted by molar-refractivity contribution is 1.03. The van der Waals surface area contributed by atoms with Gasteiger partial charge in [0, 0.05) is 11.5 Å². The molecule has 0 atom stereocenters. The Morgan fingerprint density at radius 3 is 2.82 bits per heavy atom. The number of nitrogens with two attached hydrogens (primary N) is 1. The van der Waals surface area contributed by atoms with Gasteiger partial charge < -0.3 is 0 Å². The zero-order chi connectivity index (χ0) is 12.1. The van der Waals surface area contributed by atoms with Crippen LogP contribution in [0.1, 0.15) is 16.1 Å². The van der Waals surface area contributed by atoms with Gasteiger partial charge >= 0.3 is 0 Å². The van der Waals surface area contributed by atoms with Gasteiger partial charge in [0.2, 0.25) is 5.13 Å². The van der Waals surface area contributed by atoms with E-state index in [1.54, 1.807) is 0 Å². The van der Waals surface area contributed by atoms with Gasteiger partial charge in [0.05, 0.1) is 0 Å². The molecule has 0 saturated heterocycles. The normalized spacial score (nSPS) is 10.5. The molecule has 3 N–H and O–H groups in total. The van der Waals surface area contributed by atoms with Crippen LogP contribution in [0.2, 0.25) is 0 Å². The van der Waals surface area contributed by atoms with Crippen molar-refractivity contribution in [2.45, 2.75) is 18.4 Å². The van der Waals surface area contributed by atoms with Crippen LogP contribution in [0.4, 0.5) is 5.13 Å². The third kappa shape index (κ3) is 3.42. The van der Waals surface area contributed by atoms with Crippen molar-refractivity contribution in [2.75, 3.05) is 5.43 Å². The fraction of sp³-hybridized carbons (Fsp3) is 0.273. The molecular weight excluding hydrogens is 252 g/mol. The zero-order valence-electron chi connectivity index (χ0n) is 9.51. The SMILES string of the molecule is Cc1ccccc1CSCc1nnc(NN)s1. The van der Waals surface area contributed by atoms with Gasteiger partial charge in [0.25, 0.3) is 0 Å². The highest BCUT2D eigenvalue weighted by Gasteiger charge is 2.03. The predicted octanol–water partition coefficient (Wildman–Crippen LogP) is 2.57. The third-order valence-electron chi connectivity index (χ3n) is 2.33. The van der Waals surface area contributed by atoms with Crippen molar-refractivity contribution in [3.05, 3.63) is 40.4 Å². The second-order valence-corrected chi connectivity index (χ2v) is 5.61. The number of aryl methyl sites for hydroxylation is 1. The Morgan fingerprint density at radius 1 is 1.29 bits per heavy atom. The number of hydrogen-bond acceptors (Lipinski definition) is 6. The molecule has 17 heavy (non-hydrogen) atoms. The van der Waals surface area contributed by atoms with Gasteiger partial charge in [-0.1, -0.05) is 35.6 Å². The van der Waals surface area contributed by atoms with E-state index in [1.807, 2.05) is 11.8 Å². The van der Waals surface area contributed by atoms with E-state index in [-0.39, 0.29) is 0 Å². The van der Waals surface area contributed by atoms with Gasteiger partial charge in [-0.25, -0.2) is 5.84 Å². The van der Waals surface area contributed by atoms with Crippen molar-refractivity contribution in [3.8, 4) is 0 Å². The van der Waals surface area contributed by atoms with E-state index < -0.39 is 0 Å². The predicted molar refractivity (Wildman–Crippen MR) is 73.9 cm³/mol. The minimum absolute atomic E-state index is 0.663. The molecule has 0 fully saturated rings. The quantitative estimate of drug-likeness (QED) is 0.643. The molecule has 0 unspecified atom stereocenters. The summed E-state index contributed by atoms with van der Waals surface area (Å²) in [7, 11) is 0. The first-order chi connectivity index (χ1) is 8.29. The third-order valence-corrected chi connectivity index (χ3v) is 4.36. The molecule has 0 aliphatic rings. The molecule has 1 aromatic carbocycles. The van der Waals surface area contributed by atoms with Gasteiger partial charge in [-0.05, 0) is 18.1 Å². The number of nitrogen functional groups attached to an aromatic ring is 1. The number of nitrogens with one attached hydrogen (secondary N) is 1. The Morgan fingerprint density at radius 2 is 2.12 bits per heavy atom. The molecule has 6 heteroatoms.